The molecule has 7 nitrogen and oxygen atoms in total. The first-order valence-corrected chi connectivity index (χ1v) is 10.3. The number of carbonyl (C=O) groups excluding carboxylic acids is 2. The van der Waals surface area contributed by atoms with Gasteiger partial charge in [0.2, 0.25) is 0 Å². The molecule has 0 fully saturated rings. The maximum Gasteiger partial charge on any atom is 0.437 e. The number of amides is 2. The van der Waals surface area contributed by atoms with E-state index in [1.54, 1.807) is 38.1 Å². The lowest BCUT2D eigenvalue weighted by atomic mass is 10.2. The normalized spacial score (nSPS) is 13.4. The number of nitrogens with zero attached hydrogens (tertiary/aromatic N) is 2. The molecule has 0 saturated carbocycles. The monoisotopic (exact) mass is 410 g/mol. The van der Waals surface area contributed by atoms with E-state index < -0.39 is 30.5 Å². The third-order valence-electron chi connectivity index (χ3n) is 2.91. The molecular formula is C15H21Cl2N2O5P. The second-order valence-electron chi connectivity index (χ2n) is 5.45. The Balaban J connectivity index is 3.02. The molecule has 0 bridgehead atoms. The van der Waals surface area contributed by atoms with Gasteiger partial charge in [-0.1, -0.05) is 53.5 Å². The Hall–Kier alpha value is -1.27. The molecule has 1 unspecified atom stereocenters. The van der Waals surface area contributed by atoms with Crippen LogP contribution in [0.2, 0.25) is 0 Å². The summed E-state index contributed by atoms with van der Waals surface area (Å²) in [5.74, 6) is -0.838. The standard InChI is InChI=1S/C15H21Cl2N2O5P/c1-11(2)24-25(4,22)19(18(3)14(20)13(16)17)15(21)23-10-12-8-6-5-7-9-12/h5-9,11,13H,10H2,1-4H3. The molecule has 0 radical (unpaired) electrons. The molecule has 1 aromatic rings. The van der Waals surface area contributed by atoms with Crippen molar-refractivity contribution in [2.24, 2.45) is 0 Å². The number of hydrogen-bond donors (Lipinski definition) is 0. The van der Waals surface area contributed by atoms with Gasteiger partial charge in [0.25, 0.3) is 5.91 Å². The second kappa shape index (κ2) is 9.43. The van der Waals surface area contributed by atoms with Crippen molar-refractivity contribution in [1.82, 2.24) is 9.79 Å². The number of ether oxygens (including phenoxy) is 1. The van der Waals surface area contributed by atoms with Crippen LogP contribution >= 0.6 is 30.7 Å². The minimum atomic E-state index is -3.74. The predicted molar refractivity (Wildman–Crippen MR) is 96.5 cm³/mol. The lowest BCUT2D eigenvalue weighted by molar-refractivity contribution is -0.136. The van der Waals surface area contributed by atoms with E-state index >= 15 is 0 Å². The van der Waals surface area contributed by atoms with E-state index in [4.69, 9.17) is 32.5 Å². The van der Waals surface area contributed by atoms with Crippen LogP contribution in [-0.2, 0) is 25.2 Å². The van der Waals surface area contributed by atoms with E-state index in [9.17, 15) is 14.2 Å². The van der Waals surface area contributed by atoms with Crippen molar-refractivity contribution in [2.75, 3.05) is 13.7 Å². The minimum Gasteiger partial charge on any atom is -0.443 e. The molecule has 0 N–H and O–H groups in total. The molecule has 1 rings (SSSR count). The fourth-order valence-electron chi connectivity index (χ4n) is 1.96. The molecule has 0 saturated heterocycles. The van der Waals surface area contributed by atoms with Gasteiger partial charge in [-0.2, -0.15) is 0 Å². The number of alkyl halides is 2. The Morgan fingerprint density at radius 1 is 1.20 bits per heavy atom. The van der Waals surface area contributed by atoms with E-state index in [1.807, 2.05) is 6.07 Å². The topological polar surface area (TPSA) is 76.2 Å². The number of hydrogen-bond acceptors (Lipinski definition) is 5. The molecule has 1 aromatic carbocycles. The van der Waals surface area contributed by atoms with Gasteiger partial charge in [0.05, 0.1) is 6.10 Å². The molecule has 0 aliphatic rings. The molecular weight excluding hydrogens is 390 g/mol. The molecule has 0 aliphatic carbocycles. The zero-order chi connectivity index (χ0) is 19.2. The molecule has 0 heterocycles. The highest BCUT2D eigenvalue weighted by Gasteiger charge is 2.40. The summed E-state index contributed by atoms with van der Waals surface area (Å²) in [6.45, 7) is 4.44. The van der Waals surface area contributed by atoms with Crippen LogP contribution in [-0.4, -0.2) is 46.4 Å². The largest absolute Gasteiger partial charge is 0.443 e. The van der Waals surface area contributed by atoms with E-state index in [2.05, 4.69) is 0 Å². The number of rotatable bonds is 6. The van der Waals surface area contributed by atoms with Crippen LogP contribution in [0.25, 0.3) is 0 Å². The van der Waals surface area contributed by atoms with Crippen LogP contribution < -0.4 is 0 Å². The molecule has 140 valence electrons. The van der Waals surface area contributed by atoms with Gasteiger partial charge in [-0.25, -0.2) is 9.80 Å². The van der Waals surface area contributed by atoms with Gasteiger partial charge in [-0.05, 0) is 19.4 Å². The number of benzene rings is 1. The first-order valence-electron chi connectivity index (χ1n) is 7.39. The van der Waals surface area contributed by atoms with Crippen LogP contribution in [0.3, 0.4) is 0 Å². The summed E-state index contributed by atoms with van der Waals surface area (Å²) < 4.78 is 24.0. The third-order valence-corrected chi connectivity index (χ3v) is 5.21. The Morgan fingerprint density at radius 3 is 2.24 bits per heavy atom. The first-order chi connectivity index (χ1) is 11.6. The summed E-state index contributed by atoms with van der Waals surface area (Å²) in [6, 6.07) is 8.91. The number of halogens is 2. The number of carbonyl (C=O) groups is 2. The third kappa shape index (κ3) is 6.51. The fraction of sp³-hybridized carbons (Fsp3) is 0.467. The van der Waals surface area contributed by atoms with Gasteiger partial charge in [-0.15, -0.1) is 4.78 Å². The van der Waals surface area contributed by atoms with Crippen molar-refractivity contribution < 1.29 is 23.4 Å². The van der Waals surface area contributed by atoms with E-state index in [1.165, 1.54) is 13.7 Å². The molecule has 25 heavy (non-hydrogen) atoms. The highest BCUT2D eigenvalue weighted by atomic mass is 35.5. The average Bonchev–Trinajstić information content (AvgIpc) is 2.51. The van der Waals surface area contributed by atoms with Gasteiger partial charge < -0.3 is 9.26 Å². The van der Waals surface area contributed by atoms with Gasteiger partial charge in [0.1, 0.15) is 6.61 Å². The summed E-state index contributed by atoms with van der Waals surface area (Å²) >= 11 is 11.1. The van der Waals surface area contributed by atoms with Crippen LogP contribution in [0.15, 0.2) is 30.3 Å². The van der Waals surface area contributed by atoms with Crippen LogP contribution in [0.5, 0.6) is 0 Å². The molecule has 0 aliphatic heterocycles. The van der Waals surface area contributed by atoms with E-state index in [0.29, 0.717) is 4.78 Å². The minimum absolute atomic E-state index is 0.0644. The zero-order valence-corrected chi connectivity index (χ0v) is 16.8. The molecule has 1 atom stereocenters. The van der Waals surface area contributed by atoms with Gasteiger partial charge >= 0.3 is 13.6 Å². The SMILES string of the molecule is CC(C)OP(C)(=O)N(C(=O)OCc1ccccc1)N(C)C(=O)C(Cl)Cl. The number of hydrazine groups is 1. The lowest BCUT2D eigenvalue weighted by Crippen LogP contribution is -2.47. The van der Waals surface area contributed by atoms with Crippen molar-refractivity contribution >= 4 is 42.7 Å². The van der Waals surface area contributed by atoms with Crippen LogP contribution in [0.4, 0.5) is 4.79 Å². The fourth-order valence-corrected chi connectivity index (χ4v) is 4.05. The maximum atomic E-state index is 12.9. The highest BCUT2D eigenvalue weighted by Crippen LogP contribution is 2.49. The molecule has 0 aromatic heterocycles. The molecule has 2 amide bonds. The Labute approximate surface area is 157 Å². The summed E-state index contributed by atoms with van der Waals surface area (Å²) in [6.07, 6.45) is -1.47. The highest BCUT2D eigenvalue weighted by molar-refractivity contribution is 7.56. The predicted octanol–water partition coefficient (Wildman–Crippen LogP) is 4.05. The van der Waals surface area contributed by atoms with Crippen LogP contribution in [0, 0.1) is 0 Å². The van der Waals surface area contributed by atoms with Gasteiger partial charge in [0, 0.05) is 13.7 Å². The lowest BCUT2D eigenvalue weighted by Gasteiger charge is -2.35. The van der Waals surface area contributed by atoms with Crippen molar-refractivity contribution in [3.63, 3.8) is 0 Å². The summed E-state index contributed by atoms with van der Waals surface area (Å²) in [7, 11) is -2.53. The van der Waals surface area contributed by atoms with Gasteiger partial charge in [-0.3, -0.25) is 9.36 Å². The second-order valence-corrected chi connectivity index (χ2v) is 8.74. The smallest absolute Gasteiger partial charge is 0.437 e. The Morgan fingerprint density at radius 2 is 1.76 bits per heavy atom. The van der Waals surface area contributed by atoms with Crippen molar-refractivity contribution in [3.05, 3.63) is 35.9 Å². The molecule has 0 spiro atoms. The summed E-state index contributed by atoms with van der Waals surface area (Å²) in [5, 5.41) is 0.751. The maximum absolute atomic E-state index is 12.9. The van der Waals surface area contributed by atoms with Crippen LogP contribution in [0.1, 0.15) is 19.4 Å². The average molecular weight is 411 g/mol. The summed E-state index contributed by atoms with van der Waals surface area (Å²) in [4.78, 5) is 23.1. The van der Waals surface area contributed by atoms with Crippen molar-refractivity contribution in [3.8, 4) is 0 Å². The summed E-state index contributed by atoms with van der Waals surface area (Å²) in [5.41, 5.74) is 0.730. The molecule has 10 heteroatoms. The van der Waals surface area contributed by atoms with Gasteiger partial charge in [0.15, 0.2) is 4.84 Å². The van der Waals surface area contributed by atoms with E-state index in [-0.39, 0.29) is 6.61 Å². The Bertz CT molecular complexity index is 642. The quantitative estimate of drug-likeness (QED) is 0.401. The zero-order valence-electron chi connectivity index (χ0n) is 14.4. The van der Waals surface area contributed by atoms with Crippen molar-refractivity contribution in [1.29, 1.82) is 0 Å². The van der Waals surface area contributed by atoms with E-state index in [0.717, 1.165) is 10.6 Å². The Kier molecular flexibility index (Phi) is 8.22. The first kappa shape index (κ1) is 21.8. The van der Waals surface area contributed by atoms with Crippen molar-refractivity contribution in [2.45, 2.75) is 31.4 Å².